The van der Waals surface area contributed by atoms with Crippen molar-refractivity contribution in [3.05, 3.63) is 60.1 Å². The first-order valence-corrected chi connectivity index (χ1v) is 7.44. The molecular weight excluding hydrogens is 264 g/mol. The first-order valence-electron chi connectivity index (χ1n) is 7.44. The van der Waals surface area contributed by atoms with Gasteiger partial charge in [-0.1, -0.05) is 30.3 Å². The van der Waals surface area contributed by atoms with Crippen LogP contribution in [0.2, 0.25) is 0 Å². The number of nitrogens with one attached hydrogen (secondary N) is 1. The monoisotopic (exact) mass is 284 g/mol. The van der Waals surface area contributed by atoms with E-state index in [1.165, 1.54) is 19.1 Å². The average molecular weight is 284 g/mol. The number of benzene rings is 1. The molecular formula is C17H20N2O2. The second-order valence-corrected chi connectivity index (χ2v) is 5.42. The van der Waals surface area contributed by atoms with Gasteiger partial charge < -0.3 is 14.6 Å². The zero-order chi connectivity index (χ0) is 14.5. The third-order valence-electron chi connectivity index (χ3n) is 3.89. The molecule has 3 rings (SSSR count). The number of rotatable bonds is 5. The van der Waals surface area contributed by atoms with E-state index in [0.717, 1.165) is 25.2 Å². The molecule has 1 aliphatic rings. The quantitative estimate of drug-likeness (QED) is 0.918. The highest BCUT2D eigenvalue weighted by atomic mass is 16.3. The van der Waals surface area contributed by atoms with Crippen LogP contribution >= 0.6 is 0 Å². The van der Waals surface area contributed by atoms with Crippen molar-refractivity contribution in [2.45, 2.75) is 18.9 Å². The molecule has 4 heteroatoms. The first-order chi connectivity index (χ1) is 10.3. The minimum atomic E-state index is -0.159. The van der Waals surface area contributed by atoms with Gasteiger partial charge in [0.05, 0.1) is 12.3 Å². The van der Waals surface area contributed by atoms with Crippen LogP contribution in [0.1, 0.15) is 35.0 Å². The lowest BCUT2D eigenvalue weighted by atomic mass is 10.1. The van der Waals surface area contributed by atoms with E-state index in [9.17, 15) is 4.79 Å². The van der Waals surface area contributed by atoms with E-state index in [0.29, 0.717) is 5.76 Å². The molecule has 0 spiro atoms. The second kappa shape index (κ2) is 6.59. The zero-order valence-corrected chi connectivity index (χ0v) is 12.0. The smallest absolute Gasteiger partial charge is 0.287 e. The van der Waals surface area contributed by atoms with E-state index in [1.807, 2.05) is 18.2 Å². The van der Waals surface area contributed by atoms with Crippen LogP contribution in [0.4, 0.5) is 0 Å². The third kappa shape index (κ3) is 3.52. The Kier molecular flexibility index (Phi) is 4.36. The molecule has 0 bridgehead atoms. The van der Waals surface area contributed by atoms with Gasteiger partial charge in [0, 0.05) is 6.54 Å². The number of hydrogen-bond acceptors (Lipinski definition) is 3. The Morgan fingerprint density at radius 2 is 1.90 bits per heavy atom. The van der Waals surface area contributed by atoms with Crippen LogP contribution < -0.4 is 5.32 Å². The Morgan fingerprint density at radius 3 is 2.57 bits per heavy atom. The predicted octanol–water partition coefficient (Wildman–Crippen LogP) is 2.85. The molecule has 21 heavy (non-hydrogen) atoms. The molecule has 2 aromatic rings. The highest BCUT2D eigenvalue weighted by molar-refractivity contribution is 5.91. The highest BCUT2D eigenvalue weighted by Crippen LogP contribution is 2.18. The van der Waals surface area contributed by atoms with E-state index in [1.54, 1.807) is 12.1 Å². The lowest BCUT2D eigenvalue weighted by Gasteiger charge is -2.24. The van der Waals surface area contributed by atoms with Crippen molar-refractivity contribution in [1.82, 2.24) is 10.2 Å². The Balaban J connectivity index is 1.73. The zero-order valence-electron chi connectivity index (χ0n) is 12.0. The molecule has 1 aliphatic heterocycles. The molecule has 0 radical (unpaired) electrons. The van der Waals surface area contributed by atoms with E-state index >= 15 is 0 Å². The second-order valence-electron chi connectivity index (χ2n) is 5.42. The number of carbonyl (C=O) groups is 1. The molecule has 1 amide bonds. The topological polar surface area (TPSA) is 45.5 Å². The van der Waals surface area contributed by atoms with Crippen LogP contribution in [0.3, 0.4) is 0 Å². The Hall–Kier alpha value is -2.07. The molecule has 4 nitrogen and oxygen atoms in total. The number of furan rings is 1. The van der Waals surface area contributed by atoms with Gasteiger partial charge in [-0.2, -0.15) is 0 Å². The third-order valence-corrected chi connectivity index (χ3v) is 3.89. The summed E-state index contributed by atoms with van der Waals surface area (Å²) < 4.78 is 5.18. The van der Waals surface area contributed by atoms with Gasteiger partial charge in [0.15, 0.2) is 5.76 Å². The minimum absolute atomic E-state index is 0.0121. The minimum Gasteiger partial charge on any atom is -0.459 e. The van der Waals surface area contributed by atoms with E-state index < -0.39 is 0 Å². The van der Waals surface area contributed by atoms with Crippen molar-refractivity contribution < 1.29 is 9.21 Å². The summed E-state index contributed by atoms with van der Waals surface area (Å²) in [5, 5.41) is 3.09. The molecule has 1 aromatic heterocycles. The standard InChI is InChI=1S/C17H20N2O2/c20-17(16-9-6-12-21-16)18-15(13-19-10-4-5-11-19)14-7-2-1-3-8-14/h1-3,6-9,12,15H,4-5,10-11,13H2,(H,18,20). The fourth-order valence-electron chi connectivity index (χ4n) is 2.78. The molecule has 1 fully saturated rings. The number of nitrogens with zero attached hydrogens (tertiary/aromatic N) is 1. The van der Waals surface area contributed by atoms with Gasteiger partial charge in [0.1, 0.15) is 0 Å². The van der Waals surface area contributed by atoms with Crippen LogP contribution in [0.5, 0.6) is 0 Å². The fourth-order valence-corrected chi connectivity index (χ4v) is 2.78. The van der Waals surface area contributed by atoms with Gasteiger partial charge in [0.2, 0.25) is 0 Å². The molecule has 2 heterocycles. The van der Waals surface area contributed by atoms with E-state index in [2.05, 4.69) is 22.3 Å². The van der Waals surface area contributed by atoms with E-state index in [-0.39, 0.29) is 11.9 Å². The SMILES string of the molecule is O=C(NC(CN1CCCC1)c1ccccc1)c1ccco1. The summed E-state index contributed by atoms with van der Waals surface area (Å²) in [5.41, 5.74) is 1.13. The van der Waals surface area contributed by atoms with Crippen molar-refractivity contribution in [3.63, 3.8) is 0 Å². The Labute approximate surface area is 124 Å². The summed E-state index contributed by atoms with van der Waals surface area (Å²) in [5.74, 6) is 0.199. The van der Waals surface area contributed by atoms with Crippen molar-refractivity contribution in [1.29, 1.82) is 0 Å². The molecule has 0 saturated carbocycles. The van der Waals surface area contributed by atoms with Crippen molar-refractivity contribution in [2.75, 3.05) is 19.6 Å². The number of likely N-dealkylation sites (tertiary alicyclic amines) is 1. The van der Waals surface area contributed by atoms with E-state index in [4.69, 9.17) is 4.42 Å². The predicted molar refractivity (Wildman–Crippen MR) is 81.0 cm³/mol. The summed E-state index contributed by atoms with van der Waals surface area (Å²) in [4.78, 5) is 14.6. The van der Waals surface area contributed by atoms with Gasteiger partial charge in [0.25, 0.3) is 5.91 Å². The molecule has 110 valence electrons. The largest absolute Gasteiger partial charge is 0.459 e. The summed E-state index contributed by atoms with van der Waals surface area (Å²) in [6.45, 7) is 3.07. The summed E-state index contributed by atoms with van der Waals surface area (Å²) in [7, 11) is 0. The van der Waals surface area contributed by atoms with Crippen molar-refractivity contribution in [3.8, 4) is 0 Å². The van der Waals surface area contributed by atoms with Crippen LogP contribution in [0.25, 0.3) is 0 Å². The number of amides is 1. The fraction of sp³-hybridized carbons (Fsp3) is 0.353. The molecule has 1 unspecified atom stereocenters. The summed E-state index contributed by atoms with van der Waals surface area (Å²) >= 11 is 0. The van der Waals surface area contributed by atoms with Gasteiger partial charge in [-0.05, 0) is 43.6 Å². The number of carbonyl (C=O) groups excluding carboxylic acids is 1. The highest BCUT2D eigenvalue weighted by Gasteiger charge is 2.21. The average Bonchev–Trinajstić information content (AvgIpc) is 3.21. The van der Waals surface area contributed by atoms with Crippen LogP contribution in [0.15, 0.2) is 53.1 Å². The van der Waals surface area contributed by atoms with Gasteiger partial charge in [-0.25, -0.2) is 0 Å². The number of hydrogen-bond donors (Lipinski definition) is 1. The normalized spacial score (nSPS) is 16.8. The molecule has 1 atom stereocenters. The Bertz CT molecular complexity index is 560. The summed E-state index contributed by atoms with van der Waals surface area (Å²) in [6, 6.07) is 13.5. The van der Waals surface area contributed by atoms with Crippen LogP contribution in [0, 0.1) is 0 Å². The molecule has 0 aliphatic carbocycles. The van der Waals surface area contributed by atoms with Gasteiger partial charge in [-0.15, -0.1) is 0 Å². The maximum atomic E-state index is 12.2. The molecule has 1 N–H and O–H groups in total. The molecule has 1 saturated heterocycles. The lowest BCUT2D eigenvalue weighted by Crippen LogP contribution is -2.36. The van der Waals surface area contributed by atoms with Crippen LogP contribution in [-0.4, -0.2) is 30.4 Å². The first kappa shape index (κ1) is 13.9. The van der Waals surface area contributed by atoms with Crippen molar-refractivity contribution in [2.24, 2.45) is 0 Å². The summed E-state index contributed by atoms with van der Waals surface area (Å²) in [6.07, 6.45) is 4.01. The lowest BCUT2D eigenvalue weighted by molar-refractivity contribution is 0.0899. The molecule has 1 aromatic carbocycles. The van der Waals surface area contributed by atoms with Gasteiger partial charge >= 0.3 is 0 Å². The van der Waals surface area contributed by atoms with Gasteiger partial charge in [-0.3, -0.25) is 4.79 Å². The maximum Gasteiger partial charge on any atom is 0.287 e. The van der Waals surface area contributed by atoms with Crippen LogP contribution in [-0.2, 0) is 0 Å². The Morgan fingerprint density at radius 1 is 1.14 bits per heavy atom. The maximum absolute atomic E-state index is 12.2. The van der Waals surface area contributed by atoms with Crippen molar-refractivity contribution >= 4 is 5.91 Å².